The van der Waals surface area contributed by atoms with Gasteiger partial charge in [0.15, 0.2) is 0 Å². The van der Waals surface area contributed by atoms with Crippen molar-refractivity contribution in [3.8, 4) is 5.75 Å². The molecule has 2 saturated carbocycles. The summed E-state index contributed by atoms with van der Waals surface area (Å²) in [4.78, 5) is 0. The highest BCUT2D eigenvalue weighted by Crippen LogP contribution is 2.48. The number of hydrogen-bond donors (Lipinski definition) is 0. The third-order valence-electron chi connectivity index (χ3n) is 7.03. The Morgan fingerprint density at radius 3 is 2.62 bits per heavy atom. The zero-order valence-electron chi connectivity index (χ0n) is 16.1. The number of halogens is 1. The summed E-state index contributed by atoms with van der Waals surface area (Å²) in [6.07, 6.45) is 11.0. The summed E-state index contributed by atoms with van der Waals surface area (Å²) in [5, 5.41) is 1.66. The molecule has 0 amide bonds. The highest BCUT2D eigenvalue weighted by Gasteiger charge is 2.35. The minimum atomic E-state index is -0.171. The molecule has 140 valence electrons. The zero-order valence-corrected chi connectivity index (χ0v) is 16.1. The smallest absolute Gasteiger partial charge is 0.134 e. The summed E-state index contributed by atoms with van der Waals surface area (Å²) >= 11 is 0. The summed E-state index contributed by atoms with van der Waals surface area (Å²) in [6, 6.07) is 9.80. The topological polar surface area (TPSA) is 9.23 Å². The second kappa shape index (κ2) is 7.58. The molecule has 2 aliphatic carbocycles. The molecule has 0 bridgehead atoms. The molecular formula is C24H31FO. The van der Waals surface area contributed by atoms with E-state index in [1.165, 1.54) is 63.0 Å². The van der Waals surface area contributed by atoms with E-state index in [-0.39, 0.29) is 5.82 Å². The average molecular weight is 355 g/mol. The van der Waals surface area contributed by atoms with Gasteiger partial charge < -0.3 is 4.74 Å². The molecular weight excluding hydrogens is 323 g/mol. The maximum atomic E-state index is 14.5. The van der Waals surface area contributed by atoms with Gasteiger partial charge in [-0.05, 0) is 78.9 Å². The van der Waals surface area contributed by atoms with Crippen LogP contribution in [0.15, 0.2) is 30.3 Å². The van der Waals surface area contributed by atoms with E-state index in [4.69, 9.17) is 4.74 Å². The first-order valence-corrected chi connectivity index (χ1v) is 10.4. The lowest BCUT2D eigenvalue weighted by molar-refractivity contribution is 0.114. The highest BCUT2D eigenvalue weighted by molar-refractivity contribution is 5.85. The number of methoxy groups -OCH3 is 1. The van der Waals surface area contributed by atoms with Gasteiger partial charge in [0.2, 0.25) is 0 Å². The molecule has 1 nitrogen and oxygen atoms in total. The lowest BCUT2D eigenvalue weighted by atomic mass is 9.63. The number of benzene rings is 2. The van der Waals surface area contributed by atoms with Crippen LogP contribution in [0.1, 0.15) is 69.8 Å². The maximum absolute atomic E-state index is 14.5. The van der Waals surface area contributed by atoms with Crippen LogP contribution in [0.5, 0.6) is 5.75 Å². The van der Waals surface area contributed by atoms with Crippen molar-refractivity contribution < 1.29 is 9.13 Å². The number of rotatable bonds is 4. The number of fused-ring (bicyclic) bond motifs is 2. The van der Waals surface area contributed by atoms with Gasteiger partial charge in [0.05, 0.1) is 7.11 Å². The van der Waals surface area contributed by atoms with Crippen molar-refractivity contribution in [1.29, 1.82) is 0 Å². The van der Waals surface area contributed by atoms with Crippen molar-refractivity contribution >= 4 is 10.8 Å². The van der Waals surface area contributed by atoms with Crippen molar-refractivity contribution in [2.24, 2.45) is 17.8 Å². The Hall–Kier alpha value is -1.57. The second-order valence-corrected chi connectivity index (χ2v) is 8.59. The Labute approximate surface area is 156 Å². The average Bonchev–Trinajstić information content (AvgIpc) is 2.67. The van der Waals surface area contributed by atoms with E-state index in [0.29, 0.717) is 11.7 Å². The van der Waals surface area contributed by atoms with Gasteiger partial charge in [0.1, 0.15) is 11.6 Å². The SMILES string of the molecule is CCCC1CCC2CC(c3ccc4cc(OC)cc(F)c4c3)CCC2C1. The fourth-order valence-electron chi connectivity index (χ4n) is 5.64. The minimum absolute atomic E-state index is 0.171. The first kappa shape index (κ1) is 17.8. The fraction of sp³-hybridized carbons (Fsp3) is 0.583. The van der Waals surface area contributed by atoms with E-state index >= 15 is 0 Å². The Kier molecular flexibility index (Phi) is 5.20. The molecule has 0 radical (unpaired) electrons. The van der Waals surface area contributed by atoms with Crippen LogP contribution in [0.4, 0.5) is 4.39 Å². The van der Waals surface area contributed by atoms with Crippen LogP contribution in [0.2, 0.25) is 0 Å². The van der Waals surface area contributed by atoms with E-state index in [2.05, 4.69) is 25.1 Å². The predicted octanol–water partition coefficient (Wildman–Crippen LogP) is 7.09. The number of ether oxygens (including phenoxy) is 1. The Morgan fingerprint density at radius 1 is 1.00 bits per heavy atom. The molecule has 2 aromatic carbocycles. The van der Waals surface area contributed by atoms with Gasteiger partial charge in [-0.2, -0.15) is 0 Å². The summed E-state index contributed by atoms with van der Waals surface area (Å²) in [5.74, 6) is 3.82. The molecule has 4 rings (SSSR count). The fourth-order valence-corrected chi connectivity index (χ4v) is 5.64. The van der Waals surface area contributed by atoms with Gasteiger partial charge in [-0.25, -0.2) is 4.39 Å². The predicted molar refractivity (Wildman–Crippen MR) is 106 cm³/mol. The van der Waals surface area contributed by atoms with Gasteiger partial charge in [0.25, 0.3) is 0 Å². The van der Waals surface area contributed by atoms with E-state index in [9.17, 15) is 4.39 Å². The molecule has 2 fully saturated rings. The van der Waals surface area contributed by atoms with E-state index in [0.717, 1.165) is 28.5 Å². The molecule has 2 aromatic rings. The number of hydrogen-bond acceptors (Lipinski definition) is 1. The van der Waals surface area contributed by atoms with Crippen molar-refractivity contribution in [2.75, 3.05) is 7.11 Å². The highest BCUT2D eigenvalue weighted by atomic mass is 19.1. The third kappa shape index (κ3) is 3.48. The Bertz CT molecular complexity index is 768. The van der Waals surface area contributed by atoms with Crippen molar-refractivity contribution in [2.45, 2.75) is 64.2 Å². The van der Waals surface area contributed by atoms with Gasteiger partial charge in [-0.15, -0.1) is 0 Å². The molecule has 2 heteroatoms. The molecule has 2 aliphatic rings. The van der Waals surface area contributed by atoms with Crippen molar-refractivity contribution in [3.63, 3.8) is 0 Å². The zero-order chi connectivity index (χ0) is 18.1. The second-order valence-electron chi connectivity index (χ2n) is 8.59. The van der Waals surface area contributed by atoms with Crippen LogP contribution in [0.25, 0.3) is 10.8 Å². The van der Waals surface area contributed by atoms with Crippen LogP contribution in [0, 0.1) is 23.6 Å². The lowest BCUT2D eigenvalue weighted by Crippen LogP contribution is -2.30. The Morgan fingerprint density at radius 2 is 1.81 bits per heavy atom. The summed E-state index contributed by atoms with van der Waals surface area (Å²) in [7, 11) is 1.59. The molecule has 0 spiro atoms. The van der Waals surface area contributed by atoms with E-state index in [1.54, 1.807) is 7.11 Å². The monoisotopic (exact) mass is 354 g/mol. The largest absolute Gasteiger partial charge is 0.497 e. The Balaban J connectivity index is 1.51. The molecule has 4 atom stereocenters. The van der Waals surface area contributed by atoms with Crippen molar-refractivity contribution in [3.05, 3.63) is 41.7 Å². The standard InChI is InChI=1S/C24H31FO/c1-3-4-16-5-6-18-12-19(8-7-17(18)11-16)20-9-10-21-13-22(26-2)15-24(25)23(21)14-20/h9-10,13-19H,3-8,11-12H2,1-2H3. The molecule has 0 aliphatic heterocycles. The first-order valence-electron chi connectivity index (χ1n) is 10.4. The molecule has 0 N–H and O–H groups in total. The molecule has 4 unspecified atom stereocenters. The molecule has 26 heavy (non-hydrogen) atoms. The normalized spacial score (nSPS) is 28.7. The quantitative estimate of drug-likeness (QED) is 0.569. The van der Waals surface area contributed by atoms with Gasteiger partial charge in [-0.3, -0.25) is 0 Å². The molecule has 0 heterocycles. The van der Waals surface area contributed by atoms with Gasteiger partial charge >= 0.3 is 0 Å². The van der Waals surface area contributed by atoms with Gasteiger partial charge in [-0.1, -0.05) is 38.3 Å². The maximum Gasteiger partial charge on any atom is 0.134 e. The lowest BCUT2D eigenvalue weighted by Gasteiger charge is -2.42. The van der Waals surface area contributed by atoms with Crippen LogP contribution in [-0.2, 0) is 0 Å². The van der Waals surface area contributed by atoms with E-state index in [1.807, 2.05) is 6.07 Å². The van der Waals surface area contributed by atoms with Crippen LogP contribution in [-0.4, -0.2) is 7.11 Å². The van der Waals surface area contributed by atoms with Crippen LogP contribution >= 0.6 is 0 Å². The minimum Gasteiger partial charge on any atom is -0.497 e. The molecule has 0 saturated heterocycles. The van der Waals surface area contributed by atoms with Gasteiger partial charge in [0, 0.05) is 11.5 Å². The summed E-state index contributed by atoms with van der Waals surface area (Å²) in [6.45, 7) is 2.32. The van der Waals surface area contributed by atoms with E-state index < -0.39 is 0 Å². The third-order valence-corrected chi connectivity index (χ3v) is 7.03. The van der Waals surface area contributed by atoms with Crippen LogP contribution < -0.4 is 4.74 Å². The van der Waals surface area contributed by atoms with Crippen molar-refractivity contribution in [1.82, 2.24) is 0 Å². The van der Waals surface area contributed by atoms with Crippen LogP contribution in [0.3, 0.4) is 0 Å². The first-order chi connectivity index (χ1) is 12.7. The molecule has 0 aromatic heterocycles. The summed E-state index contributed by atoms with van der Waals surface area (Å²) < 4.78 is 19.7. The summed E-state index contributed by atoms with van der Waals surface area (Å²) in [5.41, 5.74) is 1.33.